The molecule has 1 fully saturated rings. The van der Waals surface area contributed by atoms with Gasteiger partial charge in [0, 0.05) is 19.7 Å². The van der Waals surface area contributed by atoms with Crippen LogP contribution in [0.25, 0.3) is 0 Å². The fourth-order valence-corrected chi connectivity index (χ4v) is 2.66. The van der Waals surface area contributed by atoms with Gasteiger partial charge in [-0.1, -0.05) is 26.2 Å². The van der Waals surface area contributed by atoms with Gasteiger partial charge in [0.15, 0.2) is 0 Å². The van der Waals surface area contributed by atoms with Crippen LogP contribution in [0.3, 0.4) is 0 Å². The van der Waals surface area contributed by atoms with E-state index in [4.69, 9.17) is 4.74 Å². The molecule has 112 valence electrons. The van der Waals surface area contributed by atoms with E-state index in [1.165, 1.54) is 19.3 Å². The van der Waals surface area contributed by atoms with Crippen molar-refractivity contribution in [2.75, 3.05) is 20.3 Å². The maximum Gasteiger partial charge on any atom is 0.315 e. The minimum atomic E-state index is -0.510. The molecular formula is C14H28N2O3. The van der Waals surface area contributed by atoms with Crippen LogP contribution in [0.4, 0.5) is 4.79 Å². The van der Waals surface area contributed by atoms with Crippen LogP contribution in [-0.2, 0) is 4.74 Å². The number of hydrogen-bond donors (Lipinski definition) is 3. The Morgan fingerprint density at radius 2 is 2.26 bits per heavy atom. The van der Waals surface area contributed by atoms with Crippen LogP contribution in [0, 0.1) is 5.92 Å². The van der Waals surface area contributed by atoms with Crippen LogP contribution in [0.5, 0.6) is 0 Å². The third-order valence-corrected chi connectivity index (χ3v) is 3.82. The van der Waals surface area contributed by atoms with E-state index >= 15 is 0 Å². The second kappa shape index (κ2) is 9.15. The van der Waals surface area contributed by atoms with E-state index < -0.39 is 6.10 Å². The van der Waals surface area contributed by atoms with Crippen LogP contribution in [0.15, 0.2) is 0 Å². The third kappa shape index (κ3) is 6.78. The van der Waals surface area contributed by atoms with Gasteiger partial charge in [-0.05, 0) is 25.2 Å². The monoisotopic (exact) mass is 272 g/mol. The molecule has 2 amide bonds. The summed E-state index contributed by atoms with van der Waals surface area (Å²) in [5.74, 6) is 0.752. The summed E-state index contributed by atoms with van der Waals surface area (Å²) >= 11 is 0. The molecule has 3 unspecified atom stereocenters. The molecule has 1 aliphatic rings. The average Bonchev–Trinajstić information content (AvgIpc) is 2.39. The van der Waals surface area contributed by atoms with Crippen molar-refractivity contribution >= 4 is 6.03 Å². The molecule has 0 radical (unpaired) electrons. The summed E-state index contributed by atoms with van der Waals surface area (Å²) in [7, 11) is 1.55. The summed E-state index contributed by atoms with van der Waals surface area (Å²) in [5, 5.41) is 15.3. The van der Waals surface area contributed by atoms with Crippen molar-refractivity contribution in [3.63, 3.8) is 0 Å². The molecule has 0 saturated heterocycles. The van der Waals surface area contributed by atoms with Gasteiger partial charge in [-0.15, -0.1) is 0 Å². The lowest BCUT2D eigenvalue weighted by Gasteiger charge is -2.29. The highest BCUT2D eigenvalue weighted by molar-refractivity contribution is 5.74. The van der Waals surface area contributed by atoms with Crippen molar-refractivity contribution < 1.29 is 14.6 Å². The predicted octanol–water partition coefficient (Wildman–Crippen LogP) is 1.65. The Labute approximate surface area is 116 Å². The molecule has 0 aromatic rings. The van der Waals surface area contributed by atoms with Crippen LogP contribution >= 0.6 is 0 Å². The van der Waals surface area contributed by atoms with Crippen molar-refractivity contribution in [3.05, 3.63) is 0 Å². The molecule has 0 aromatic carbocycles. The third-order valence-electron chi connectivity index (χ3n) is 3.82. The number of carbonyl (C=O) groups is 1. The number of rotatable bonds is 7. The molecule has 1 aliphatic carbocycles. The highest BCUT2D eigenvalue weighted by atomic mass is 16.5. The van der Waals surface area contributed by atoms with E-state index in [0.717, 1.165) is 18.8 Å². The quantitative estimate of drug-likeness (QED) is 0.660. The smallest absolute Gasteiger partial charge is 0.315 e. The first kappa shape index (κ1) is 16.2. The van der Waals surface area contributed by atoms with Crippen molar-refractivity contribution in [3.8, 4) is 0 Å². The summed E-state index contributed by atoms with van der Waals surface area (Å²) in [6.45, 7) is 2.99. The molecule has 0 bridgehead atoms. The molecule has 3 atom stereocenters. The number of hydrogen-bond acceptors (Lipinski definition) is 3. The van der Waals surface area contributed by atoms with E-state index in [0.29, 0.717) is 25.6 Å². The number of aliphatic hydroxyl groups excluding tert-OH is 1. The fraction of sp³-hybridized carbons (Fsp3) is 0.929. The van der Waals surface area contributed by atoms with Crippen LogP contribution in [-0.4, -0.2) is 43.5 Å². The summed E-state index contributed by atoms with van der Waals surface area (Å²) in [6.07, 6.45) is 5.87. The Kier molecular flexibility index (Phi) is 7.82. The highest BCUT2D eigenvalue weighted by Crippen LogP contribution is 2.26. The number of aliphatic hydroxyl groups is 1. The molecule has 5 heteroatoms. The summed E-state index contributed by atoms with van der Waals surface area (Å²) < 4.78 is 4.83. The molecule has 1 saturated carbocycles. The van der Waals surface area contributed by atoms with E-state index in [1.54, 1.807) is 7.11 Å². The lowest BCUT2D eigenvalue weighted by Crippen LogP contribution is -2.44. The zero-order valence-electron chi connectivity index (χ0n) is 12.2. The Balaban J connectivity index is 2.13. The summed E-state index contributed by atoms with van der Waals surface area (Å²) in [6, 6.07) is 0.189. The van der Waals surface area contributed by atoms with Gasteiger partial charge < -0.3 is 20.5 Å². The van der Waals surface area contributed by atoms with Gasteiger partial charge in [-0.3, -0.25) is 0 Å². The second-order valence-corrected chi connectivity index (χ2v) is 5.44. The Bertz CT molecular complexity index is 261. The topological polar surface area (TPSA) is 70.6 Å². The largest absolute Gasteiger partial charge is 0.391 e. The maximum atomic E-state index is 11.7. The van der Waals surface area contributed by atoms with Gasteiger partial charge in [-0.25, -0.2) is 4.79 Å². The number of nitrogens with one attached hydrogen (secondary N) is 2. The molecule has 1 rings (SSSR count). The van der Waals surface area contributed by atoms with Gasteiger partial charge in [0.25, 0.3) is 0 Å². The zero-order valence-corrected chi connectivity index (χ0v) is 12.2. The Morgan fingerprint density at radius 3 is 2.95 bits per heavy atom. The number of methoxy groups -OCH3 is 1. The lowest BCUT2D eigenvalue weighted by atomic mass is 9.84. The van der Waals surface area contributed by atoms with E-state index in [1.807, 2.05) is 0 Å². The van der Waals surface area contributed by atoms with Gasteiger partial charge in [0.1, 0.15) is 0 Å². The first-order valence-corrected chi connectivity index (χ1v) is 7.37. The van der Waals surface area contributed by atoms with E-state index in [-0.39, 0.29) is 6.03 Å². The average molecular weight is 272 g/mol. The highest BCUT2D eigenvalue weighted by Gasteiger charge is 2.21. The van der Waals surface area contributed by atoms with Crippen molar-refractivity contribution in [2.24, 2.45) is 5.92 Å². The first-order valence-electron chi connectivity index (χ1n) is 7.37. The summed E-state index contributed by atoms with van der Waals surface area (Å²) in [5.41, 5.74) is 0. The molecule has 0 aliphatic heterocycles. The van der Waals surface area contributed by atoms with Crippen molar-refractivity contribution in [1.82, 2.24) is 10.6 Å². The van der Waals surface area contributed by atoms with Gasteiger partial charge in [0.05, 0.1) is 12.7 Å². The van der Waals surface area contributed by atoms with E-state index in [2.05, 4.69) is 17.6 Å². The number of ether oxygens (including phenoxy) is 1. The number of urea groups is 1. The number of amides is 2. The van der Waals surface area contributed by atoms with Crippen LogP contribution in [0.2, 0.25) is 0 Å². The minimum Gasteiger partial charge on any atom is -0.391 e. The molecule has 5 nitrogen and oxygen atoms in total. The van der Waals surface area contributed by atoms with Gasteiger partial charge in [-0.2, -0.15) is 0 Å². The van der Waals surface area contributed by atoms with Crippen LogP contribution in [0.1, 0.15) is 45.4 Å². The zero-order chi connectivity index (χ0) is 14.1. The molecule has 0 spiro atoms. The SMILES string of the molecule is CCC1CCCC(NC(=O)NCCC(O)COC)C1. The molecule has 0 heterocycles. The Morgan fingerprint density at radius 1 is 1.47 bits per heavy atom. The van der Waals surface area contributed by atoms with E-state index in [9.17, 15) is 9.90 Å². The van der Waals surface area contributed by atoms with Crippen molar-refractivity contribution in [1.29, 1.82) is 0 Å². The Hall–Kier alpha value is -0.810. The van der Waals surface area contributed by atoms with Gasteiger partial charge >= 0.3 is 6.03 Å². The maximum absolute atomic E-state index is 11.7. The molecule has 3 N–H and O–H groups in total. The molecular weight excluding hydrogens is 244 g/mol. The summed E-state index contributed by atoms with van der Waals surface area (Å²) in [4.78, 5) is 11.7. The molecule has 0 aromatic heterocycles. The van der Waals surface area contributed by atoms with Crippen molar-refractivity contribution in [2.45, 2.75) is 57.6 Å². The van der Waals surface area contributed by atoms with Crippen LogP contribution < -0.4 is 10.6 Å². The standard InChI is InChI=1S/C14H28N2O3/c1-3-11-5-4-6-12(9-11)16-14(18)15-8-7-13(17)10-19-2/h11-13,17H,3-10H2,1-2H3,(H2,15,16,18). The van der Waals surface area contributed by atoms with Gasteiger partial charge in [0.2, 0.25) is 0 Å². The fourth-order valence-electron chi connectivity index (χ4n) is 2.66. The minimum absolute atomic E-state index is 0.119. The number of carbonyl (C=O) groups excluding carboxylic acids is 1. The predicted molar refractivity (Wildman–Crippen MR) is 75.1 cm³/mol. The molecule has 19 heavy (non-hydrogen) atoms. The lowest BCUT2D eigenvalue weighted by molar-refractivity contribution is 0.0598. The second-order valence-electron chi connectivity index (χ2n) is 5.44. The normalized spacial score (nSPS) is 24.8. The first-order chi connectivity index (χ1) is 9.15.